The monoisotopic (exact) mass is 251 g/mol. The van der Waals surface area contributed by atoms with Gasteiger partial charge in [0.15, 0.2) is 0 Å². The highest BCUT2D eigenvalue weighted by Crippen LogP contribution is 2.01. The minimum atomic E-state index is -0.970. The minimum absolute atomic E-state index is 0.0967. The number of esters is 1. The van der Waals surface area contributed by atoms with Gasteiger partial charge in [-0.05, 0) is 12.0 Å². The Hall–Kier alpha value is -1.88. The van der Waals surface area contributed by atoms with Gasteiger partial charge >= 0.3 is 11.9 Å². The molecule has 98 valence electrons. The summed E-state index contributed by atoms with van der Waals surface area (Å²) in [4.78, 5) is 21.7. The van der Waals surface area contributed by atoms with Crippen LogP contribution in [-0.2, 0) is 20.7 Å². The van der Waals surface area contributed by atoms with Crippen LogP contribution < -0.4 is 5.73 Å². The summed E-state index contributed by atoms with van der Waals surface area (Å²) in [5.41, 5.74) is 6.58. The van der Waals surface area contributed by atoms with E-state index in [4.69, 9.17) is 15.6 Å². The van der Waals surface area contributed by atoms with E-state index < -0.39 is 18.0 Å². The predicted octanol–water partition coefficient (Wildman–Crippen LogP) is 0.964. The molecule has 0 aliphatic rings. The first-order valence-corrected chi connectivity index (χ1v) is 5.77. The van der Waals surface area contributed by atoms with E-state index in [1.165, 1.54) is 0 Å². The Morgan fingerprint density at radius 2 is 1.94 bits per heavy atom. The standard InChI is InChI=1S/C13H17NO4/c14-11(6-7-12(15)16)13(17)18-9-8-10-4-2-1-3-5-10/h1-5,11H,6-9,14H2,(H,15,16)/t11-/m0/s1. The molecule has 0 saturated carbocycles. The molecule has 0 aliphatic heterocycles. The van der Waals surface area contributed by atoms with E-state index in [2.05, 4.69) is 0 Å². The topological polar surface area (TPSA) is 89.6 Å². The molecule has 0 spiro atoms. The first kappa shape index (κ1) is 14.2. The fourth-order valence-electron chi connectivity index (χ4n) is 1.42. The van der Waals surface area contributed by atoms with E-state index in [0.717, 1.165) is 5.56 Å². The quantitative estimate of drug-likeness (QED) is 0.705. The fourth-order valence-corrected chi connectivity index (χ4v) is 1.42. The Kier molecular flexibility index (Phi) is 5.87. The maximum atomic E-state index is 11.4. The van der Waals surface area contributed by atoms with Gasteiger partial charge in [0.25, 0.3) is 0 Å². The summed E-state index contributed by atoms with van der Waals surface area (Å²) in [6.07, 6.45) is 0.590. The third-order valence-electron chi connectivity index (χ3n) is 2.45. The van der Waals surface area contributed by atoms with Crippen LogP contribution in [0.2, 0.25) is 0 Å². The van der Waals surface area contributed by atoms with Crippen LogP contribution in [0.4, 0.5) is 0 Å². The molecular weight excluding hydrogens is 234 g/mol. The number of ether oxygens (including phenoxy) is 1. The van der Waals surface area contributed by atoms with Crippen LogP contribution in [0.15, 0.2) is 30.3 Å². The zero-order valence-corrected chi connectivity index (χ0v) is 10.0. The second-order valence-corrected chi connectivity index (χ2v) is 3.94. The van der Waals surface area contributed by atoms with E-state index in [1.807, 2.05) is 30.3 Å². The lowest BCUT2D eigenvalue weighted by molar-refractivity contribution is -0.145. The van der Waals surface area contributed by atoms with Crippen LogP contribution >= 0.6 is 0 Å². The molecule has 0 unspecified atom stereocenters. The number of nitrogens with two attached hydrogens (primary N) is 1. The minimum Gasteiger partial charge on any atom is -0.481 e. The van der Waals surface area contributed by atoms with Gasteiger partial charge < -0.3 is 15.6 Å². The van der Waals surface area contributed by atoms with Gasteiger partial charge in [0, 0.05) is 12.8 Å². The number of benzene rings is 1. The van der Waals surface area contributed by atoms with Crippen LogP contribution in [0.25, 0.3) is 0 Å². The molecule has 0 aromatic heterocycles. The van der Waals surface area contributed by atoms with Crippen LogP contribution in [0.1, 0.15) is 18.4 Å². The number of carboxylic acid groups (broad SMARTS) is 1. The fraction of sp³-hybridized carbons (Fsp3) is 0.385. The van der Waals surface area contributed by atoms with E-state index in [-0.39, 0.29) is 19.4 Å². The van der Waals surface area contributed by atoms with Gasteiger partial charge in [-0.3, -0.25) is 9.59 Å². The van der Waals surface area contributed by atoms with Crippen LogP contribution in [0, 0.1) is 0 Å². The third kappa shape index (κ3) is 5.45. The number of hydrogen-bond acceptors (Lipinski definition) is 4. The summed E-state index contributed by atoms with van der Waals surface area (Å²) in [6, 6.07) is 8.76. The van der Waals surface area contributed by atoms with Gasteiger partial charge in [-0.2, -0.15) is 0 Å². The van der Waals surface area contributed by atoms with Gasteiger partial charge in [0.1, 0.15) is 6.04 Å². The molecule has 5 nitrogen and oxygen atoms in total. The largest absolute Gasteiger partial charge is 0.481 e. The van der Waals surface area contributed by atoms with E-state index in [9.17, 15) is 9.59 Å². The number of carbonyl (C=O) groups excluding carboxylic acids is 1. The molecule has 0 amide bonds. The lowest BCUT2D eigenvalue weighted by Gasteiger charge is -2.10. The van der Waals surface area contributed by atoms with Crippen LogP contribution in [-0.4, -0.2) is 29.7 Å². The molecule has 0 aliphatic carbocycles. The second kappa shape index (κ2) is 7.45. The smallest absolute Gasteiger partial charge is 0.322 e. The molecule has 5 heteroatoms. The normalized spacial score (nSPS) is 11.8. The van der Waals surface area contributed by atoms with Crippen molar-refractivity contribution in [3.63, 3.8) is 0 Å². The van der Waals surface area contributed by atoms with Crippen molar-refractivity contribution in [2.24, 2.45) is 5.73 Å². The highest BCUT2D eigenvalue weighted by Gasteiger charge is 2.15. The Balaban J connectivity index is 2.22. The average molecular weight is 251 g/mol. The molecule has 3 N–H and O–H groups in total. The SMILES string of the molecule is N[C@@H](CCC(=O)O)C(=O)OCCc1ccccc1. The number of carboxylic acids is 1. The molecule has 0 fully saturated rings. The summed E-state index contributed by atoms with van der Waals surface area (Å²) in [5.74, 6) is -1.52. The summed E-state index contributed by atoms with van der Waals surface area (Å²) >= 11 is 0. The van der Waals surface area contributed by atoms with Crippen LogP contribution in [0.5, 0.6) is 0 Å². The average Bonchev–Trinajstić information content (AvgIpc) is 2.37. The Labute approximate surface area is 106 Å². The Morgan fingerprint density at radius 3 is 2.56 bits per heavy atom. The number of hydrogen-bond donors (Lipinski definition) is 2. The molecular formula is C13H17NO4. The summed E-state index contributed by atoms with van der Waals surface area (Å²) < 4.78 is 4.98. The molecule has 0 saturated heterocycles. The van der Waals surface area contributed by atoms with E-state index in [1.54, 1.807) is 0 Å². The highest BCUT2D eigenvalue weighted by molar-refractivity contribution is 5.76. The lowest BCUT2D eigenvalue weighted by Crippen LogP contribution is -2.33. The number of aliphatic carboxylic acids is 1. The molecule has 1 aromatic rings. The van der Waals surface area contributed by atoms with E-state index in [0.29, 0.717) is 6.42 Å². The molecule has 0 heterocycles. The molecule has 18 heavy (non-hydrogen) atoms. The number of carbonyl (C=O) groups is 2. The molecule has 1 atom stereocenters. The van der Waals surface area contributed by atoms with Crippen molar-refractivity contribution in [2.75, 3.05) is 6.61 Å². The van der Waals surface area contributed by atoms with Gasteiger partial charge in [-0.15, -0.1) is 0 Å². The van der Waals surface area contributed by atoms with Gasteiger partial charge in [-0.1, -0.05) is 30.3 Å². The summed E-state index contributed by atoms with van der Waals surface area (Å²) in [6.45, 7) is 0.254. The van der Waals surface area contributed by atoms with Gasteiger partial charge in [0.05, 0.1) is 6.61 Å². The van der Waals surface area contributed by atoms with Gasteiger partial charge in [0.2, 0.25) is 0 Å². The zero-order chi connectivity index (χ0) is 13.4. The van der Waals surface area contributed by atoms with Crippen molar-refractivity contribution >= 4 is 11.9 Å². The van der Waals surface area contributed by atoms with Crippen LogP contribution in [0.3, 0.4) is 0 Å². The number of rotatable bonds is 7. The van der Waals surface area contributed by atoms with Crippen molar-refractivity contribution in [2.45, 2.75) is 25.3 Å². The summed E-state index contributed by atoms with van der Waals surface area (Å²) in [7, 11) is 0. The van der Waals surface area contributed by atoms with Crippen molar-refractivity contribution in [3.05, 3.63) is 35.9 Å². The molecule has 0 bridgehead atoms. The zero-order valence-electron chi connectivity index (χ0n) is 10.0. The molecule has 1 rings (SSSR count). The van der Waals surface area contributed by atoms with Crippen molar-refractivity contribution in [1.29, 1.82) is 0 Å². The first-order valence-electron chi connectivity index (χ1n) is 5.77. The predicted molar refractivity (Wildman–Crippen MR) is 66.0 cm³/mol. The maximum absolute atomic E-state index is 11.4. The lowest BCUT2D eigenvalue weighted by atomic mass is 10.1. The third-order valence-corrected chi connectivity index (χ3v) is 2.45. The van der Waals surface area contributed by atoms with Gasteiger partial charge in [-0.25, -0.2) is 0 Å². The van der Waals surface area contributed by atoms with Crippen molar-refractivity contribution < 1.29 is 19.4 Å². The molecule has 0 radical (unpaired) electrons. The van der Waals surface area contributed by atoms with Crippen molar-refractivity contribution in [3.8, 4) is 0 Å². The maximum Gasteiger partial charge on any atom is 0.322 e. The second-order valence-electron chi connectivity index (χ2n) is 3.94. The van der Waals surface area contributed by atoms with Crippen molar-refractivity contribution in [1.82, 2.24) is 0 Å². The molecule has 1 aromatic carbocycles. The highest BCUT2D eigenvalue weighted by atomic mass is 16.5. The Morgan fingerprint density at radius 1 is 1.28 bits per heavy atom. The Bertz CT molecular complexity index is 391. The summed E-state index contributed by atoms with van der Waals surface area (Å²) in [5, 5.41) is 8.46. The van der Waals surface area contributed by atoms with E-state index >= 15 is 0 Å². The first-order chi connectivity index (χ1) is 8.59.